The van der Waals surface area contributed by atoms with Gasteiger partial charge < -0.3 is 14.8 Å². The van der Waals surface area contributed by atoms with E-state index in [9.17, 15) is 0 Å². The predicted molar refractivity (Wildman–Crippen MR) is 80.1 cm³/mol. The van der Waals surface area contributed by atoms with Gasteiger partial charge in [-0.05, 0) is 38.5 Å². The Hall–Kier alpha value is -1.99. The van der Waals surface area contributed by atoms with Crippen LogP contribution in [0.5, 0.6) is 11.5 Å². The molecule has 4 heteroatoms. The summed E-state index contributed by atoms with van der Waals surface area (Å²) >= 11 is 0. The minimum atomic E-state index is 0.0485. The molecule has 1 rings (SSSR count). The number of methoxy groups -OCH3 is 1. The summed E-state index contributed by atoms with van der Waals surface area (Å²) in [6, 6.07) is 7.19. The SMILES string of the molecule is C=C(CNC(C)(C)C)COc1cc(C#N)cc(OC)c1. The van der Waals surface area contributed by atoms with Crippen molar-refractivity contribution in [3.8, 4) is 17.6 Å². The Bertz CT molecular complexity index is 510. The van der Waals surface area contributed by atoms with E-state index in [4.69, 9.17) is 14.7 Å². The van der Waals surface area contributed by atoms with Gasteiger partial charge in [0, 0.05) is 18.2 Å². The van der Waals surface area contributed by atoms with Crippen molar-refractivity contribution in [1.82, 2.24) is 5.32 Å². The van der Waals surface area contributed by atoms with Crippen molar-refractivity contribution < 1.29 is 9.47 Å². The predicted octanol–water partition coefficient (Wildman–Crippen LogP) is 2.89. The Balaban J connectivity index is 2.57. The summed E-state index contributed by atoms with van der Waals surface area (Å²) in [5.41, 5.74) is 1.51. The van der Waals surface area contributed by atoms with Gasteiger partial charge in [-0.15, -0.1) is 0 Å². The molecule has 1 N–H and O–H groups in total. The molecule has 0 aliphatic carbocycles. The van der Waals surface area contributed by atoms with Crippen LogP contribution in [0.15, 0.2) is 30.4 Å². The molecule has 0 amide bonds. The smallest absolute Gasteiger partial charge is 0.124 e. The van der Waals surface area contributed by atoms with Gasteiger partial charge in [-0.1, -0.05) is 6.58 Å². The van der Waals surface area contributed by atoms with Crippen LogP contribution in [0.25, 0.3) is 0 Å². The van der Waals surface area contributed by atoms with Crippen LogP contribution in [0.3, 0.4) is 0 Å². The molecule has 1 aromatic rings. The van der Waals surface area contributed by atoms with E-state index in [1.54, 1.807) is 25.3 Å². The zero-order valence-corrected chi connectivity index (χ0v) is 12.6. The molecule has 1 aromatic carbocycles. The molecule has 0 aromatic heterocycles. The molecular weight excluding hydrogens is 252 g/mol. The lowest BCUT2D eigenvalue weighted by Gasteiger charge is -2.21. The minimum absolute atomic E-state index is 0.0485. The average Bonchev–Trinajstić information content (AvgIpc) is 2.41. The fraction of sp³-hybridized carbons (Fsp3) is 0.438. The van der Waals surface area contributed by atoms with E-state index in [0.29, 0.717) is 30.2 Å². The zero-order valence-electron chi connectivity index (χ0n) is 12.6. The lowest BCUT2D eigenvalue weighted by molar-refractivity contribution is 0.337. The Morgan fingerprint density at radius 1 is 1.30 bits per heavy atom. The molecule has 0 bridgehead atoms. The highest BCUT2D eigenvalue weighted by Crippen LogP contribution is 2.22. The summed E-state index contributed by atoms with van der Waals surface area (Å²) in [6.45, 7) is 11.4. The molecule has 0 saturated heterocycles. The van der Waals surface area contributed by atoms with Crippen LogP contribution in [0.4, 0.5) is 0 Å². The van der Waals surface area contributed by atoms with Gasteiger partial charge >= 0.3 is 0 Å². The van der Waals surface area contributed by atoms with Gasteiger partial charge in [0.05, 0.1) is 18.7 Å². The van der Waals surface area contributed by atoms with Crippen molar-refractivity contribution >= 4 is 0 Å². The number of nitrogens with zero attached hydrogens (tertiary/aromatic N) is 1. The Labute approximate surface area is 121 Å². The third kappa shape index (κ3) is 5.77. The summed E-state index contributed by atoms with van der Waals surface area (Å²) < 4.78 is 10.8. The third-order valence-electron chi connectivity index (χ3n) is 2.56. The average molecular weight is 274 g/mol. The fourth-order valence-corrected chi connectivity index (χ4v) is 1.46. The first-order valence-electron chi connectivity index (χ1n) is 6.48. The molecule has 0 aliphatic rings. The van der Waals surface area contributed by atoms with Gasteiger partial charge in [0.15, 0.2) is 0 Å². The van der Waals surface area contributed by atoms with E-state index >= 15 is 0 Å². The first-order chi connectivity index (χ1) is 9.34. The second kappa shape index (κ2) is 6.97. The second-order valence-corrected chi connectivity index (χ2v) is 5.65. The lowest BCUT2D eigenvalue weighted by Crippen LogP contribution is -2.37. The highest BCUT2D eigenvalue weighted by atomic mass is 16.5. The third-order valence-corrected chi connectivity index (χ3v) is 2.56. The van der Waals surface area contributed by atoms with Crippen molar-refractivity contribution in [1.29, 1.82) is 5.26 Å². The normalized spacial score (nSPS) is 10.8. The standard InChI is InChI=1S/C16H22N2O2/c1-12(10-18-16(2,3)4)11-20-15-7-13(9-17)6-14(8-15)19-5/h6-8,18H,1,10-11H2,2-5H3. The summed E-state index contributed by atoms with van der Waals surface area (Å²) in [5, 5.41) is 12.3. The molecule has 0 heterocycles. The van der Waals surface area contributed by atoms with Crippen LogP contribution in [-0.4, -0.2) is 25.8 Å². The van der Waals surface area contributed by atoms with Crippen LogP contribution >= 0.6 is 0 Å². The molecule has 0 aliphatic heterocycles. The van der Waals surface area contributed by atoms with E-state index in [1.165, 1.54) is 0 Å². The van der Waals surface area contributed by atoms with Crippen molar-refractivity contribution in [2.45, 2.75) is 26.3 Å². The van der Waals surface area contributed by atoms with E-state index in [0.717, 1.165) is 5.57 Å². The first-order valence-corrected chi connectivity index (χ1v) is 6.48. The van der Waals surface area contributed by atoms with Gasteiger partial charge in [-0.3, -0.25) is 0 Å². The quantitative estimate of drug-likeness (QED) is 0.810. The highest BCUT2D eigenvalue weighted by molar-refractivity contribution is 5.43. The largest absolute Gasteiger partial charge is 0.497 e. The number of hydrogen-bond acceptors (Lipinski definition) is 4. The molecule has 0 fully saturated rings. The molecule has 0 radical (unpaired) electrons. The lowest BCUT2D eigenvalue weighted by atomic mass is 10.1. The Kier molecular flexibility index (Phi) is 5.60. The van der Waals surface area contributed by atoms with Crippen molar-refractivity contribution in [2.75, 3.05) is 20.3 Å². The topological polar surface area (TPSA) is 54.3 Å². The number of hydrogen-bond donors (Lipinski definition) is 1. The van der Waals surface area contributed by atoms with Crippen LogP contribution < -0.4 is 14.8 Å². The maximum Gasteiger partial charge on any atom is 0.124 e. The number of benzene rings is 1. The van der Waals surface area contributed by atoms with Gasteiger partial charge in [0.2, 0.25) is 0 Å². The molecule has 20 heavy (non-hydrogen) atoms. The van der Waals surface area contributed by atoms with Crippen LogP contribution in [0.1, 0.15) is 26.3 Å². The number of rotatable bonds is 6. The van der Waals surface area contributed by atoms with Gasteiger partial charge in [-0.25, -0.2) is 0 Å². The van der Waals surface area contributed by atoms with Crippen LogP contribution in [-0.2, 0) is 0 Å². The molecule has 108 valence electrons. The summed E-state index contributed by atoms with van der Waals surface area (Å²) in [6.07, 6.45) is 0. The summed E-state index contributed by atoms with van der Waals surface area (Å²) in [7, 11) is 1.56. The molecular formula is C16H22N2O2. The summed E-state index contributed by atoms with van der Waals surface area (Å²) in [5.74, 6) is 1.22. The molecule has 4 nitrogen and oxygen atoms in total. The maximum atomic E-state index is 8.94. The maximum absolute atomic E-state index is 8.94. The second-order valence-electron chi connectivity index (χ2n) is 5.65. The van der Waals surface area contributed by atoms with E-state index in [-0.39, 0.29) is 5.54 Å². The minimum Gasteiger partial charge on any atom is -0.497 e. The highest BCUT2D eigenvalue weighted by Gasteiger charge is 2.09. The summed E-state index contributed by atoms with van der Waals surface area (Å²) in [4.78, 5) is 0. The van der Waals surface area contributed by atoms with Crippen LogP contribution in [0.2, 0.25) is 0 Å². The van der Waals surface area contributed by atoms with E-state index in [2.05, 4.69) is 38.7 Å². The fourth-order valence-electron chi connectivity index (χ4n) is 1.46. The zero-order chi connectivity index (χ0) is 15.2. The Morgan fingerprint density at radius 3 is 2.50 bits per heavy atom. The molecule has 0 saturated carbocycles. The van der Waals surface area contributed by atoms with Crippen LogP contribution in [0, 0.1) is 11.3 Å². The molecule has 0 atom stereocenters. The van der Waals surface area contributed by atoms with Crippen molar-refractivity contribution in [3.63, 3.8) is 0 Å². The monoisotopic (exact) mass is 274 g/mol. The molecule has 0 unspecified atom stereocenters. The first kappa shape index (κ1) is 16.1. The number of nitriles is 1. The Morgan fingerprint density at radius 2 is 1.95 bits per heavy atom. The van der Waals surface area contributed by atoms with Crippen molar-refractivity contribution in [2.24, 2.45) is 0 Å². The molecule has 0 spiro atoms. The number of nitrogens with one attached hydrogen (secondary N) is 1. The van der Waals surface area contributed by atoms with E-state index in [1.807, 2.05) is 0 Å². The van der Waals surface area contributed by atoms with Gasteiger partial charge in [0.25, 0.3) is 0 Å². The number of ether oxygens (including phenoxy) is 2. The van der Waals surface area contributed by atoms with Gasteiger partial charge in [0.1, 0.15) is 18.1 Å². The van der Waals surface area contributed by atoms with E-state index < -0.39 is 0 Å². The van der Waals surface area contributed by atoms with Crippen molar-refractivity contribution in [3.05, 3.63) is 35.9 Å². The van der Waals surface area contributed by atoms with Gasteiger partial charge in [-0.2, -0.15) is 5.26 Å².